The monoisotopic (exact) mass is 245 g/mol. The lowest BCUT2D eigenvalue weighted by Gasteiger charge is -2.09. The standard InChI is InChI=1S/C10H13F2N3O2/c11-10(12)15-4-3-8(14-15)9(16)13-6-7-2-1-5-17-7/h3-4,7,10H,1-2,5-6H2,(H,13,16). The van der Waals surface area contributed by atoms with Gasteiger partial charge in [0.15, 0.2) is 0 Å². The first kappa shape index (κ1) is 12.0. The summed E-state index contributed by atoms with van der Waals surface area (Å²) in [5.74, 6) is -0.458. The molecule has 2 heterocycles. The van der Waals surface area contributed by atoms with Crippen molar-refractivity contribution in [2.75, 3.05) is 13.2 Å². The van der Waals surface area contributed by atoms with E-state index in [0.29, 0.717) is 17.8 Å². The highest BCUT2D eigenvalue weighted by atomic mass is 19.3. The molecule has 1 fully saturated rings. The first-order chi connectivity index (χ1) is 8.16. The molecule has 1 aromatic heterocycles. The molecule has 1 aliphatic rings. The van der Waals surface area contributed by atoms with Gasteiger partial charge in [-0.15, -0.1) is 0 Å². The second-order valence-electron chi connectivity index (χ2n) is 3.80. The van der Waals surface area contributed by atoms with Crippen LogP contribution in [0.5, 0.6) is 0 Å². The molecule has 1 aliphatic heterocycles. The second kappa shape index (κ2) is 5.22. The number of hydrogen-bond acceptors (Lipinski definition) is 3. The van der Waals surface area contributed by atoms with Gasteiger partial charge in [-0.1, -0.05) is 0 Å². The number of ether oxygens (including phenoxy) is 1. The van der Waals surface area contributed by atoms with Gasteiger partial charge in [-0.05, 0) is 18.9 Å². The predicted octanol–water partition coefficient (Wildman–Crippen LogP) is 1.19. The van der Waals surface area contributed by atoms with E-state index in [1.165, 1.54) is 6.07 Å². The molecule has 5 nitrogen and oxygen atoms in total. The van der Waals surface area contributed by atoms with Gasteiger partial charge >= 0.3 is 6.55 Å². The van der Waals surface area contributed by atoms with Crippen molar-refractivity contribution in [3.63, 3.8) is 0 Å². The Labute approximate surface area is 96.7 Å². The smallest absolute Gasteiger partial charge is 0.333 e. The summed E-state index contributed by atoms with van der Waals surface area (Å²) >= 11 is 0. The minimum atomic E-state index is -2.73. The number of rotatable bonds is 4. The summed E-state index contributed by atoms with van der Waals surface area (Å²) in [5.41, 5.74) is -0.0108. The van der Waals surface area contributed by atoms with Gasteiger partial charge in [0.2, 0.25) is 0 Å². The van der Waals surface area contributed by atoms with Gasteiger partial charge in [0.05, 0.1) is 6.10 Å². The van der Waals surface area contributed by atoms with Gasteiger partial charge in [0, 0.05) is 19.3 Å². The van der Waals surface area contributed by atoms with Crippen LogP contribution in [0.3, 0.4) is 0 Å². The lowest BCUT2D eigenvalue weighted by molar-refractivity contribution is 0.0558. The average molecular weight is 245 g/mol. The highest BCUT2D eigenvalue weighted by Crippen LogP contribution is 2.11. The molecular formula is C10H13F2N3O2. The highest BCUT2D eigenvalue weighted by molar-refractivity contribution is 5.92. The lowest BCUT2D eigenvalue weighted by Crippen LogP contribution is -2.32. The quantitative estimate of drug-likeness (QED) is 0.866. The van der Waals surface area contributed by atoms with Crippen molar-refractivity contribution in [2.45, 2.75) is 25.5 Å². The van der Waals surface area contributed by atoms with Crippen molar-refractivity contribution in [3.05, 3.63) is 18.0 Å². The van der Waals surface area contributed by atoms with E-state index < -0.39 is 12.5 Å². The van der Waals surface area contributed by atoms with Crippen LogP contribution in [-0.2, 0) is 4.74 Å². The average Bonchev–Trinajstić information content (AvgIpc) is 2.96. The van der Waals surface area contributed by atoms with Crippen molar-refractivity contribution >= 4 is 5.91 Å². The number of alkyl halides is 2. The summed E-state index contributed by atoms with van der Waals surface area (Å²) in [4.78, 5) is 11.5. The third kappa shape index (κ3) is 3.00. The van der Waals surface area contributed by atoms with Crippen LogP contribution in [0.2, 0.25) is 0 Å². The van der Waals surface area contributed by atoms with Crippen LogP contribution in [0.15, 0.2) is 12.3 Å². The van der Waals surface area contributed by atoms with Gasteiger partial charge in [0.25, 0.3) is 5.91 Å². The molecular weight excluding hydrogens is 232 g/mol. The molecule has 7 heteroatoms. The summed E-state index contributed by atoms with van der Waals surface area (Å²) in [5, 5.41) is 6.08. The summed E-state index contributed by atoms with van der Waals surface area (Å²) in [6, 6.07) is 1.26. The second-order valence-corrected chi connectivity index (χ2v) is 3.80. The zero-order chi connectivity index (χ0) is 12.3. The maximum Gasteiger partial charge on any atom is 0.333 e. The van der Waals surface area contributed by atoms with E-state index in [9.17, 15) is 13.6 Å². The molecule has 0 aliphatic carbocycles. The van der Waals surface area contributed by atoms with E-state index in [2.05, 4.69) is 10.4 Å². The Morgan fingerprint density at radius 3 is 3.12 bits per heavy atom. The fraction of sp³-hybridized carbons (Fsp3) is 0.600. The number of amides is 1. The van der Waals surface area contributed by atoms with E-state index in [1.807, 2.05) is 0 Å². The number of hydrogen-bond donors (Lipinski definition) is 1. The Bertz CT molecular complexity index is 389. The van der Waals surface area contributed by atoms with Gasteiger partial charge in [0.1, 0.15) is 5.69 Å². The number of nitrogens with one attached hydrogen (secondary N) is 1. The van der Waals surface area contributed by atoms with Crippen LogP contribution in [0.1, 0.15) is 29.9 Å². The zero-order valence-electron chi connectivity index (χ0n) is 9.10. The minimum absolute atomic E-state index is 0.0108. The van der Waals surface area contributed by atoms with E-state index in [1.54, 1.807) is 0 Å². The summed E-state index contributed by atoms with van der Waals surface area (Å²) < 4.78 is 30.2. The van der Waals surface area contributed by atoms with Crippen molar-refractivity contribution in [1.29, 1.82) is 0 Å². The molecule has 94 valence electrons. The van der Waals surface area contributed by atoms with Crippen LogP contribution in [-0.4, -0.2) is 34.9 Å². The Balaban J connectivity index is 1.85. The zero-order valence-corrected chi connectivity index (χ0v) is 9.10. The van der Waals surface area contributed by atoms with Gasteiger partial charge in [-0.3, -0.25) is 4.79 Å². The number of nitrogens with zero attached hydrogens (tertiary/aromatic N) is 2. The first-order valence-corrected chi connectivity index (χ1v) is 5.40. The van der Waals surface area contributed by atoms with Gasteiger partial charge in [-0.2, -0.15) is 13.9 Å². The van der Waals surface area contributed by atoms with Crippen LogP contribution >= 0.6 is 0 Å². The van der Waals surface area contributed by atoms with Crippen LogP contribution < -0.4 is 5.32 Å². The van der Waals surface area contributed by atoms with Crippen molar-refractivity contribution in [1.82, 2.24) is 15.1 Å². The molecule has 1 aromatic rings. The molecule has 0 saturated carbocycles. The number of halogens is 2. The van der Waals surface area contributed by atoms with Crippen molar-refractivity contribution in [2.24, 2.45) is 0 Å². The largest absolute Gasteiger partial charge is 0.376 e. The Morgan fingerprint density at radius 1 is 1.71 bits per heavy atom. The van der Waals surface area contributed by atoms with Crippen LogP contribution in [0, 0.1) is 0 Å². The van der Waals surface area contributed by atoms with Crippen molar-refractivity contribution in [3.8, 4) is 0 Å². The van der Waals surface area contributed by atoms with Crippen LogP contribution in [0.25, 0.3) is 0 Å². The Morgan fingerprint density at radius 2 is 2.53 bits per heavy atom. The SMILES string of the molecule is O=C(NCC1CCCO1)c1ccn(C(F)F)n1. The molecule has 0 bridgehead atoms. The number of carbonyl (C=O) groups is 1. The minimum Gasteiger partial charge on any atom is -0.376 e. The topological polar surface area (TPSA) is 56.1 Å². The fourth-order valence-electron chi connectivity index (χ4n) is 1.67. The molecule has 0 spiro atoms. The fourth-order valence-corrected chi connectivity index (χ4v) is 1.67. The summed E-state index contributed by atoms with van der Waals surface area (Å²) in [7, 11) is 0. The van der Waals surface area contributed by atoms with Crippen LogP contribution in [0.4, 0.5) is 8.78 Å². The third-order valence-electron chi connectivity index (χ3n) is 2.56. The number of aromatic nitrogens is 2. The molecule has 1 saturated heterocycles. The molecule has 0 radical (unpaired) electrons. The molecule has 0 aromatic carbocycles. The van der Waals surface area contributed by atoms with Gasteiger partial charge in [-0.25, -0.2) is 4.68 Å². The predicted molar refractivity (Wildman–Crippen MR) is 54.8 cm³/mol. The molecule has 2 rings (SSSR count). The highest BCUT2D eigenvalue weighted by Gasteiger charge is 2.18. The lowest BCUT2D eigenvalue weighted by atomic mass is 10.2. The van der Waals surface area contributed by atoms with E-state index >= 15 is 0 Å². The third-order valence-corrected chi connectivity index (χ3v) is 2.56. The van der Waals surface area contributed by atoms with E-state index in [4.69, 9.17) is 4.74 Å². The Kier molecular flexibility index (Phi) is 3.68. The van der Waals surface area contributed by atoms with E-state index in [-0.39, 0.29) is 11.8 Å². The van der Waals surface area contributed by atoms with E-state index in [0.717, 1.165) is 19.0 Å². The van der Waals surface area contributed by atoms with Crippen molar-refractivity contribution < 1.29 is 18.3 Å². The molecule has 1 amide bonds. The molecule has 1 N–H and O–H groups in total. The summed E-state index contributed by atoms with van der Waals surface area (Å²) in [6.07, 6.45) is 2.99. The Hall–Kier alpha value is -1.50. The summed E-state index contributed by atoms with van der Waals surface area (Å²) in [6.45, 7) is -1.63. The maximum absolute atomic E-state index is 12.2. The normalized spacial score (nSPS) is 19.8. The first-order valence-electron chi connectivity index (χ1n) is 5.40. The molecule has 17 heavy (non-hydrogen) atoms. The number of carbonyl (C=O) groups excluding carboxylic acids is 1. The molecule has 1 atom stereocenters. The van der Waals surface area contributed by atoms with Gasteiger partial charge < -0.3 is 10.1 Å². The molecule has 1 unspecified atom stereocenters. The maximum atomic E-state index is 12.2.